The van der Waals surface area contributed by atoms with Crippen LogP contribution in [-0.4, -0.2) is 240 Å². The van der Waals surface area contributed by atoms with Gasteiger partial charge in [-0.1, -0.05) is 121 Å². The number of carbonyl (C=O) groups is 12. The molecule has 5 N–H and O–H groups in total. The summed E-state index contributed by atoms with van der Waals surface area (Å²) in [7, 11) is 11.1. The normalized spacial score (nSPS) is 25.4. The minimum absolute atomic E-state index is 0.0199. The van der Waals surface area contributed by atoms with Gasteiger partial charge in [-0.3, -0.25) is 52.7 Å². The van der Waals surface area contributed by atoms with Gasteiger partial charge in [0.2, 0.25) is 65.0 Å². The van der Waals surface area contributed by atoms with E-state index in [0.717, 1.165) is 9.80 Å². The molecule has 0 aliphatic carbocycles. The topological polar surface area (TPSA) is 305 Å². The number of hydrogen-bond acceptors (Lipinski definition) is 14. The van der Waals surface area contributed by atoms with E-state index in [1.165, 1.54) is 94.8 Å². The van der Waals surface area contributed by atoms with Crippen molar-refractivity contribution in [2.45, 2.75) is 216 Å². The molecule has 1 aromatic rings. The molecule has 1 aromatic carbocycles. The molecule has 11 amide bonds. The van der Waals surface area contributed by atoms with E-state index in [0.29, 0.717) is 11.1 Å². The zero-order valence-corrected chi connectivity index (χ0v) is 60.7. The molecule has 12 atom stereocenters. The van der Waals surface area contributed by atoms with Gasteiger partial charge in [-0.05, 0) is 111 Å². The Balaban J connectivity index is 3.00. The number of esters is 1. The number of methoxy groups -OCH3 is 1. The number of amides is 11. The van der Waals surface area contributed by atoms with Crippen LogP contribution in [0, 0.1) is 41.4 Å². The van der Waals surface area contributed by atoms with Crippen molar-refractivity contribution in [3.63, 3.8) is 0 Å². The third-order valence-corrected chi connectivity index (χ3v) is 17.5. The number of hydrogen-bond donors (Lipinski definition) is 5. The van der Waals surface area contributed by atoms with Crippen molar-refractivity contribution in [2.24, 2.45) is 41.4 Å². The largest absolute Gasteiger partial charge is 0.465 e. The lowest BCUT2D eigenvalue weighted by Gasteiger charge is -2.41. The predicted octanol–water partition coefficient (Wildman–Crippen LogP) is 4.19. The number of benzene rings is 1. The van der Waals surface area contributed by atoms with E-state index < -0.39 is 162 Å². The van der Waals surface area contributed by atoms with Gasteiger partial charge in [-0.15, -0.1) is 0 Å². The molecular weight excluding hydrogens is 1210 g/mol. The van der Waals surface area contributed by atoms with Crippen molar-refractivity contribution in [3.8, 4) is 0 Å². The van der Waals surface area contributed by atoms with Crippen LogP contribution < -0.4 is 21.3 Å². The lowest BCUT2D eigenvalue weighted by molar-refractivity contribution is -0.157. The van der Waals surface area contributed by atoms with Gasteiger partial charge in [-0.25, -0.2) is 4.79 Å². The Morgan fingerprint density at radius 2 is 0.947 bits per heavy atom. The van der Waals surface area contributed by atoms with E-state index in [1.54, 1.807) is 78.0 Å². The van der Waals surface area contributed by atoms with E-state index in [-0.39, 0.29) is 62.2 Å². The van der Waals surface area contributed by atoms with Crippen LogP contribution in [0.5, 0.6) is 0 Å². The summed E-state index contributed by atoms with van der Waals surface area (Å²) in [5.74, 6) is -10.8. The summed E-state index contributed by atoms with van der Waals surface area (Å²) in [5, 5.41) is 23.4. The van der Waals surface area contributed by atoms with E-state index in [2.05, 4.69) is 21.3 Å². The molecule has 0 saturated carbocycles. The number of aliphatic hydroxyl groups excluding tert-OH is 1. The van der Waals surface area contributed by atoms with Crippen LogP contribution in [0.4, 0.5) is 0 Å². The quantitative estimate of drug-likeness (QED) is 0.137. The van der Waals surface area contributed by atoms with Crippen molar-refractivity contribution >= 4 is 77.0 Å². The maximum atomic E-state index is 15.4. The average molecular weight is 1320 g/mol. The highest BCUT2D eigenvalue weighted by Gasteiger charge is 2.46. The molecule has 94 heavy (non-hydrogen) atoms. The highest BCUT2D eigenvalue weighted by Crippen LogP contribution is 2.26. The van der Waals surface area contributed by atoms with E-state index >= 15 is 19.2 Å². The smallest absolute Gasteiger partial charge is 0.337 e. The van der Waals surface area contributed by atoms with Crippen LogP contribution in [0.15, 0.2) is 30.3 Å². The van der Waals surface area contributed by atoms with Gasteiger partial charge in [0.25, 0.3) is 0 Å². The molecule has 1 fully saturated rings. The molecule has 2 rings (SSSR count). The molecule has 0 bridgehead atoms. The standard InChI is InChI=1S/C69H115N11O14/c1-25-49-64(88)74(17)37-54(81)75(18)50(33-38(2)3)61(85)73-55(42(10)11)67(91)76(19)51(34-39(4)5)60(84)70-45(15)59(83)71-46(16)63(87)77(20)52(35-40(6)7)65(89)78(21)53(36-41(8)9)66(90)79(22)56(43(12)13)68(92)80(23)57(62(86)72-49)58(82)44(14)27-26-28-47-29-31-48(32-30-47)69(93)94-24/h26,28-32,38-46,49-53,55-58,82H,25,27,33-37H2,1-24H3,(H,70,84)(H,71,83)(H,72,86)(H,73,85)/b28-26+/t44-,45?,46-,49+,50+,51+,52+,53?,55?,56+,57+,58-/m1/s1. The third kappa shape index (κ3) is 22.9. The number of rotatable bonds is 17. The maximum absolute atomic E-state index is 15.4. The number of ether oxygens (including phenoxy) is 1. The Hall–Kier alpha value is -7.44. The van der Waals surface area contributed by atoms with Gasteiger partial charge >= 0.3 is 5.97 Å². The second-order valence-corrected chi connectivity index (χ2v) is 28.0. The first kappa shape index (κ1) is 82.7. The summed E-state index contributed by atoms with van der Waals surface area (Å²) in [4.78, 5) is 182. The van der Waals surface area contributed by atoms with Crippen molar-refractivity contribution < 1.29 is 67.4 Å². The Labute approximate surface area is 559 Å². The predicted molar refractivity (Wildman–Crippen MR) is 360 cm³/mol. The van der Waals surface area contributed by atoms with Crippen molar-refractivity contribution in [2.75, 3.05) is 63.0 Å². The van der Waals surface area contributed by atoms with E-state index in [1.807, 2.05) is 55.4 Å². The van der Waals surface area contributed by atoms with E-state index in [9.17, 15) is 43.5 Å². The molecule has 530 valence electrons. The second kappa shape index (κ2) is 37.6. The Kier molecular flexibility index (Phi) is 33.1. The van der Waals surface area contributed by atoms with Gasteiger partial charge in [0.1, 0.15) is 60.4 Å². The number of nitrogens with one attached hydrogen (secondary N) is 4. The minimum atomic E-state index is -1.70. The Morgan fingerprint density at radius 1 is 0.511 bits per heavy atom. The fraction of sp³-hybridized carbons (Fsp3) is 0.710. The zero-order valence-electron chi connectivity index (χ0n) is 60.7. The Bertz CT molecular complexity index is 2810. The fourth-order valence-electron chi connectivity index (χ4n) is 11.6. The van der Waals surface area contributed by atoms with Crippen LogP contribution in [0.3, 0.4) is 0 Å². The summed E-state index contributed by atoms with van der Waals surface area (Å²) in [6, 6.07) is -6.11. The number of likely N-dealkylation sites (N-methyl/N-ethyl adjacent to an activating group) is 7. The number of allylic oxidation sites excluding steroid dienone is 1. The molecule has 1 saturated heterocycles. The second-order valence-electron chi connectivity index (χ2n) is 28.0. The maximum Gasteiger partial charge on any atom is 0.337 e. The molecule has 1 aliphatic rings. The minimum Gasteiger partial charge on any atom is -0.465 e. The van der Waals surface area contributed by atoms with Gasteiger partial charge in [-0.2, -0.15) is 0 Å². The molecule has 25 nitrogen and oxygen atoms in total. The Morgan fingerprint density at radius 3 is 1.41 bits per heavy atom. The first-order chi connectivity index (χ1) is 43.6. The molecule has 3 unspecified atom stereocenters. The molecule has 1 heterocycles. The molecule has 25 heteroatoms. The van der Waals surface area contributed by atoms with Crippen molar-refractivity contribution in [3.05, 3.63) is 41.5 Å². The first-order valence-corrected chi connectivity index (χ1v) is 33.2. The highest BCUT2D eigenvalue weighted by molar-refractivity contribution is 6.00. The number of aliphatic hydroxyl groups is 1. The van der Waals surface area contributed by atoms with Gasteiger partial charge in [0.05, 0.1) is 25.3 Å². The lowest BCUT2D eigenvalue weighted by atomic mass is 9.91. The molecule has 0 radical (unpaired) electrons. The van der Waals surface area contributed by atoms with Crippen LogP contribution in [0.25, 0.3) is 6.08 Å². The summed E-state index contributed by atoms with van der Waals surface area (Å²) >= 11 is 0. The zero-order chi connectivity index (χ0) is 72.2. The summed E-state index contributed by atoms with van der Waals surface area (Å²) in [6.07, 6.45) is 2.57. The lowest BCUT2D eigenvalue weighted by Crippen LogP contribution is -2.63. The third-order valence-electron chi connectivity index (χ3n) is 17.5. The van der Waals surface area contributed by atoms with E-state index in [4.69, 9.17) is 4.74 Å². The molecule has 0 spiro atoms. The summed E-state index contributed by atoms with van der Waals surface area (Å²) in [6.45, 7) is 27.3. The van der Waals surface area contributed by atoms with Crippen molar-refractivity contribution in [1.82, 2.24) is 55.6 Å². The van der Waals surface area contributed by atoms with Crippen LogP contribution in [-0.2, 0) is 57.5 Å². The van der Waals surface area contributed by atoms with Crippen LogP contribution >= 0.6 is 0 Å². The van der Waals surface area contributed by atoms with Crippen LogP contribution in [0.2, 0.25) is 0 Å². The number of carbonyl (C=O) groups excluding carboxylic acids is 12. The van der Waals surface area contributed by atoms with Crippen LogP contribution in [0.1, 0.15) is 165 Å². The number of nitrogens with zero attached hydrogens (tertiary/aromatic N) is 7. The highest BCUT2D eigenvalue weighted by atomic mass is 16.5. The average Bonchev–Trinajstić information content (AvgIpc) is 0.807. The molecule has 1 aliphatic heterocycles. The molecular formula is C69H115N11O14. The van der Waals surface area contributed by atoms with Gasteiger partial charge in [0.15, 0.2) is 0 Å². The monoisotopic (exact) mass is 1320 g/mol. The van der Waals surface area contributed by atoms with Crippen molar-refractivity contribution in [1.29, 1.82) is 0 Å². The SMILES string of the molecule is CC[C@@H]1NC(=O)[C@H]([C@H](O)[C@H](C)C/C=C/c2ccc(C(=O)OC)cc2)N(C)C(=O)[C@H](C(C)C)N(C)C(=O)C(CC(C)C)N(C)C(=O)[C@H](CC(C)C)N(C)C(=O)[C@@H](C)NC(=O)C(C)NC(=O)[C@H](CC(C)C)N(C)C(=O)C(C(C)C)NC(=O)[C@H](CC(C)C)N(C)C(=O)CN(C)C1=O. The fourth-order valence-corrected chi connectivity index (χ4v) is 11.6. The summed E-state index contributed by atoms with van der Waals surface area (Å²) in [5.41, 5.74) is 1.05. The van der Waals surface area contributed by atoms with Gasteiger partial charge < -0.3 is 65.4 Å². The summed E-state index contributed by atoms with van der Waals surface area (Å²) < 4.78 is 4.82. The van der Waals surface area contributed by atoms with Gasteiger partial charge in [0, 0.05) is 49.3 Å². The first-order valence-electron chi connectivity index (χ1n) is 33.2. The molecule has 0 aromatic heterocycles.